The minimum absolute atomic E-state index is 0.0925. The lowest BCUT2D eigenvalue weighted by molar-refractivity contribution is -0.126. The van der Waals surface area contributed by atoms with Crippen molar-refractivity contribution in [3.05, 3.63) is 76.8 Å². The molecule has 1 atom stereocenters. The fourth-order valence-electron chi connectivity index (χ4n) is 2.35. The van der Waals surface area contributed by atoms with Crippen molar-refractivity contribution in [3.8, 4) is 0 Å². The van der Waals surface area contributed by atoms with Crippen LogP contribution in [-0.4, -0.2) is 17.7 Å². The molecule has 114 valence electrons. The summed E-state index contributed by atoms with van der Waals surface area (Å²) in [5, 5.41) is 9.96. The van der Waals surface area contributed by atoms with E-state index >= 15 is 0 Å². The van der Waals surface area contributed by atoms with Crippen LogP contribution in [0.2, 0.25) is 0 Å². The molecule has 0 saturated carbocycles. The van der Waals surface area contributed by atoms with E-state index in [9.17, 15) is 14.3 Å². The first-order valence-corrected chi connectivity index (χ1v) is 6.89. The molecule has 0 radical (unpaired) electrons. The maximum absolute atomic E-state index is 13.6. The van der Waals surface area contributed by atoms with Crippen LogP contribution in [0.25, 0.3) is 5.57 Å². The van der Waals surface area contributed by atoms with Crippen molar-refractivity contribution in [2.75, 3.05) is 0 Å². The van der Waals surface area contributed by atoms with Crippen molar-refractivity contribution >= 4 is 12.0 Å². The molecular weight excluding hydrogens is 283 g/mol. The minimum Gasteiger partial charge on any atom is -0.430 e. The second kappa shape index (κ2) is 7.00. The fraction of sp³-hybridized carbons (Fsp3) is 0.167. The molecule has 0 bridgehead atoms. The van der Waals surface area contributed by atoms with E-state index in [1.54, 1.807) is 12.1 Å². The summed E-state index contributed by atoms with van der Waals surface area (Å²) in [6.45, 7) is 3.66. The number of ether oxygens (including phenoxy) is 1. The SMILES string of the molecule is Cc1ccccc1/C(=C(\OC=O)C(C)O)c1cccc(F)c1. The summed E-state index contributed by atoms with van der Waals surface area (Å²) >= 11 is 0. The lowest BCUT2D eigenvalue weighted by Gasteiger charge is -2.18. The van der Waals surface area contributed by atoms with Crippen LogP contribution >= 0.6 is 0 Å². The van der Waals surface area contributed by atoms with E-state index in [0.29, 0.717) is 11.1 Å². The van der Waals surface area contributed by atoms with Crippen LogP contribution in [0.4, 0.5) is 4.39 Å². The first kappa shape index (κ1) is 15.9. The first-order chi connectivity index (χ1) is 10.5. The van der Waals surface area contributed by atoms with Crippen LogP contribution in [0.5, 0.6) is 0 Å². The van der Waals surface area contributed by atoms with Crippen molar-refractivity contribution in [2.24, 2.45) is 0 Å². The van der Waals surface area contributed by atoms with E-state index in [2.05, 4.69) is 0 Å². The van der Waals surface area contributed by atoms with E-state index in [0.717, 1.165) is 11.1 Å². The number of rotatable bonds is 5. The van der Waals surface area contributed by atoms with Gasteiger partial charge in [0.05, 0.1) is 0 Å². The number of carbonyl (C=O) groups is 1. The maximum atomic E-state index is 13.6. The Balaban J connectivity index is 2.77. The molecule has 4 heteroatoms. The van der Waals surface area contributed by atoms with Crippen LogP contribution in [0, 0.1) is 12.7 Å². The first-order valence-electron chi connectivity index (χ1n) is 6.89. The molecule has 0 aliphatic rings. The molecule has 0 aromatic heterocycles. The molecule has 0 heterocycles. The van der Waals surface area contributed by atoms with Gasteiger partial charge >= 0.3 is 0 Å². The predicted octanol–water partition coefficient (Wildman–Crippen LogP) is 3.45. The molecule has 22 heavy (non-hydrogen) atoms. The molecule has 0 fully saturated rings. The van der Waals surface area contributed by atoms with Gasteiger partial charge < -0.3 is 9.84 Å². The molecule has 0 aliphatic heterocycles. The standard InChI is InChI=1S/C18H17FO3/c1-12-6-3-4-9-16(12)17(18(13(2)21)22-11-20)14-7-5-8-15(19)10-14/h3-11,13,21H,1-2H3/b18-17-. The van der Waals surface area contributed by atoms with E-state index < -0.39 is 11.9 Å². The second-order valence-corrected chi connectivity index (χ2v) is 4.95. The van der Waals surface area contributed by atoms with Crippen LogP contribution in [0.1, 0.15) is 23.6 Å². The summed E-state index contributed by atoms with van der Waals surface area (Å²) in [7, 11) is 0. The van der Waals surface area contributed by atoms with Crippen LogP contribution in [-0.2, 0) is 9.53 Å². The van der Waals surface area contributed by atoms with Crippen LogP contribution in [0.15, 0.2) is 54.3 Å². The third kappa shape index (κ3) is 3.40. The fourth-order valence-corrected chi connectivity index (χ4v) is 2.35. The van der Waals surface area contributed by atoms with E-state index in [1.807, 2.05) is 31.2 Å². The minimum atomic E-state index is -1.01. The highest BCUT2D eigenvalue weighted by molar-refractivity contribution is 5.83. The Morgan fingerprint density at radius 1 is 1.23 bits per heavy atom. The molecule has 1 N–H and O–H groups in total. The van der Waals surface area contributed by atoms with Crippen molar-refractivity contribution < 1.29 is 19.0 Å². The molecule has 3 nitrogen and oxygen atoms in total. The van der Waals surface area contributed by atoms with Crippen molar-refractivity contribution in [1.82, 2.24) is 0 Å². The van der Waals surface area contributed by atoms with Gasteiger partial charge in [-0.05, 0) is 42.7 Å². The van der Waals surface area contributed by atoms with Gasteiger partial charge in [-0.1, -0.05) is 36.4 Å². The lowest BCUT2D eigenvalue weighted by atomic mass is 9.92. The summed E-state index contributed by atoms with van der Waals surface area (Å²) in [6, 6.07) is 13.4. The zero-order chi connectivity index (χ0) is 16.1. The van der Waals surface area contributed by atoms with Gasteiger partial charge in [0.2, 0.25) is 0 Å². The molecule has 2 aromatic carbocycles. The summed E-state index contributed by atoms with van der Waals surface area (Å²) in [5.41, 5.74) is 2.73. The van der Waals surface area contributed by atoms with Gasteiger partial charge in [0.1, 0.15) is 17.7 Å². The number of aliphatic hydroxyl groups is 1. The number of aryl methyl sites for hydroxylation is 1. The topological polar surface area (TPSA) is 46.5 Å². The molecule has 0 aliphatic carbocycles. The number of benzene rings is 2. The molecule has 2 aromatic rings. The zero-order valence-corrected chi connectivity index (χ0v) is 12.4. The zero-order valence-electron chi connectivity index (χ0n) is 12.4. The van der Waals surface area contributed by atoms with Gasteiger partial charge in [-0.25, -0.2) is 4.39 Å². The third-order valence-corrected chi connectivity index (χ3v) is 3.33. The Morgan fingerprint density at radius 3 is 2.55 bits per heavy atom. The van der Waals surface area contributed by atoms with Gasteiger partial charge in [0.15, 0.2) is 0 Å². The van der Waals surface area contributed by atoms with Crippen LogP contribution < -0.4 is 0 Å². The second-order valence-electron chi connectivity index (χ2n) is 4.95. The number of halogens is 1. The molecule has 0 saturated heterocycles. The van der Waals surface area contributed by atoms with E-state index in [1.165, 1.54) is 19.1 Å². The highest BCUT2D eigenvalue weighted by atomic mass is 19.1. The monoisotopic (exact) mass is 300 g/mol. The summed E-state index contributed by atoms with van der Waals surface area (Å²) in [6.07, 6.45) is -1.01. The number of hydrogen-bond acceptors (Lipinski definition) is 3. The van der Waals surface area contributed by atoms with E-state index in [-0.39, 0.29) is 12.2 Å². The summed E-state index contributed by atoms with van der Waals surface area (Å²) < 4.78 is 18.6. The van der Waals surface area contributed by atoms with Gasteiger partial charge in [-0.2, -0.15) is 0 Å². The predicted molar refractivity (Wildman–Crippen MR) is 82.4 cm³/mol. The van der Waals surface area contributed by atoms with Gasteiger partial charge in [0, 0.05) is 5.57 Å². The number of hydrogen-bond donors (Lipinski definition) is 1. The molecule has 2 rings (SSSR count). The Bertz CT molecular complexity index is 705. The highest BCUT2D eigenvalue weighted by Crippen LogP contribution is 2.31. The third-order valence-electron chi connectivity index (χ3n) is 3.33. The lowest BCUT2D eigenvalue weighted by Crippen LogP contribution is -2.12. The highest BCUT2D eigenvalue weighted by Gasteiger charge is 2.19. The quantitative estimate of drug-likeness (QED) is 0.679. The average molecular weight is 300 g/mol. The largest absolute Gasteiger partial charge is 0.430 e. The Labute approximate surface area is 128 Å². The van der Waals surface area contributed by atoms with E-state index in [4.69, 9.17) is 4.74 Å². The number of carbonyl (C=O) groups excluding carboxylic acids is 1. The van der Waals surface area contributed by atoms with Crippen molar-refractivity contribution in [2.45, 2.75) is 20.0 Å². The van der Waals surface area contributed by atoms with Gasteiger partial charge in [-0.15, -0.1) is 0 Å². The Kier molecular flexibility index (Phi) is 5.07. The smallest absolute Gasteiger partial charge is 0.298 e. The Hall–Kier alpha value is -2.46. The van der Waals surface area contributed by atoms with Gasteiger partial charge in [-0.3, -0.25) is 4.79 Å². The molecule has 0 spiro atoms. The molecule has 0 amide bonds. The van der Waals surface area contributed by atoms with Crippen LogP contribution in [0.3, 0.4) is 0 Å². The van der Waals surface area contributed by atoms with Gasteiger partial charge in [0.25, 0.3) is 6.47 Å². The molecule has 1 unspecified atom stereocenters. The molecular formula is C18H17FO3. The Morgan fingerprint density at radius 2 is 1.95 bits per heavy atom. The normalized spacial score (nSPS) is 13.3. The maximum Gasteiger partial charge on any atom is 0.298 e. The number of aliphatic hydroxyl groups excluding tert-OH is 1. The van der Waals surface area contributed by atoms with Crippen molar-refractivity contribution in [3.63, 3.8) is 0 Å². The average Bonchev–Trinajstić information content (AvgIpc) is 2.48. The summed E-state index contributed by atoms with van der Waals surface area (Å²) in [5.74, 6) is -0.311. The summed E-state index contributed by atoms with van der Waals surface area (Å²) in [4.78, 5) is 10.8. The van der Waals surface area contributed by atoms with Crippen molar-refractivity contribution in [1.29, 1.82) is 0 Å².